The molecular formula is C22H14Cl2N2S. The molecule has 1 heterocycles. The Morgan fingerprint density at radius 1 is 0.926 bits per heavy atom. The van der Waals surface area contributed by atoms with Crippen molar-refractivity contribution < 1.29 is 0 Å². The second-order valence-electron chi connectivity index (χ2n) is 5.84. The van der Waals surface area contributed by atoms with Crippen molar-refractivity contribution in [2.45, 2.75) is 0 Å². The lowest BCUT2D eigenvalue weighted by Gasteiger charge is -1.98. The van der Waals surface area contributed by atoms with E-state index < -0.39 is 0 Å². The largest absolute Gasteiger partial charge is 0.257 e. The molecule has 132 valence electrons. The summed E-state index contributed by atoms with van der Waals surface area (Å²) < 4.78 is 1.19. The summed E-state index contributed by atoms with van der Waals surface area (Å²) in [6.45, 7) is 0. The Morgan fingerprint density at radius 3 is 2.52 bits per heavy atom. The first-order chi connectivity index (χ1) is 13.2. The number of aliphatic imine (C=N–C) groups is 1. The standard InChI is InChI=1S/C22H14Cl2N2S/c23-17-10-7-15(19(24)14-17)4-3-13-25-18-11-8-16(9-12-18)22-26-20-5-1-2-6-21(20)27-22/h1-14H. The van der Waals surface area contributed by atoms with Crippen molar-refractivity contribution in [3.63, 3.8) is 0 Å². The monoisotopic (exact) mass is 408 g/mol. The summed E-state index contributed by atoms with van der Waals surface area (Å²) in [6, 6.07) is 21.6. The summed E-state index contributed by atoms with van der Waals surface area (Å²) in [5.74, 6) is 0. The van der Waals surface area contributed by atoms with Crippen LogP contribution in [0.4, 0.5) is 5.69 Å². The minimum atomic E-state index is 0.618. The Hall–Kier alpha value is -2.46. The maximum absolute atomic E-state index is 6.15. The highest BCUT2D eigenvalue weighted by atomic mass is 35.5. The predicted molar refractivity (Wildman–Crippen MR) is 119 cm³/mol. The van der Waals surface area contributed by atoms with Crippen molar-refractivity contribution in [3.05, 3.63) is 88.4 Å². The number of halogens is 2. The van der Waals surface area contributed by atoms with Crippen LogP contribution in [-0.4, -0.2) is 11.2 Å². The van der Waals surface area contributed by atoms with Crippen molar-refractivity contribution >= 4 is 62.7 Å². The van der Waals surface area contributed by atoms with Crippen molar-refractivity contribution in [2.75, 3.05) is 0 Å². The third kappa shape index (κ3) is 4.28. The normalized spacial score (nSPS) is 11.8. The Morgan fingerprint density at radius 2 is 1.74 bits per heavy atom. The topological polar surface area (TPSA) is 25.2 Å². The van der Waals surface area contributed by atoms with Crippen molar-refractivity contribution in [1.29, 1.82) is 0 Å². The number of allylic oxidation sites excluding steroid dienone is 1. The predicted octanol–water partition coefficient (Wildman–Crippen LogP) is 7.69. The number of para-hydroxylation sites is 1. The number of thiazole rings is 1. The van der Waals surface area contributed by atoms with Crippen molar-refractivity contribution in [3.8, 4) is 10.6 Å². The zero-order valence-corrected chi connectivity index (χ0v) is 16.5. The van der Waals surface area contributed by atoms with Gasteiger partial charge in [0.1, 0.15) is 5.01 Å². The van der Waals surface area contributed by atoms with Crippen LogP contribution in [0.5, 0.6) is 0 Å². The molecule has 1 aromatic heterocycles. The molecule has 0 unspecified atom stereocenters. The summed E-state index contributed by atoms with van der Waals surface area (Å²) in [7, 11) is 0. The smallest absolute Gasteiger partial charge is 0.124 e. The Labute approximate surface area is 171 Å². The second-order valence-corrected chi connectivity index (χ2v) is 7.71. The van der Waals surface area contributed by atoms with E-state index in [1.54, 1.807) is 23.6 Å². The fourth-order valence-electron chi connectivity index (χ4n) is 2.60. The highest BCUT2D eigenvalue weighted by Crippen LogP contribution is 2.30. The van der Waals surface area contributed by atoms with Crippen molar-refractivity contribution in [2.24, 2.45) is 4.99 Å². The van der Waals surface area contributed by atoms with E-state index in [0.29, 0.717) is 10.0 Å². The Bertz CT molecular complexity index is 1110. The fraction of sp³-hybridized carbons (Fsp3) is 0. The maximum atomic E-state index is 6.15. The summed E-state index contributed by atoms with van der Waals surface area (Å²) in [6.07, 6.45) is 5.51. The summed E-state index contributed by atoms with van der Waals surface area (Å²) >= 11 is 13.7. The van der Waals surface area contributed by atoms with Crippen LogP contribution in [0.15, 0.2) is 77.8 Å². The van der Waals surface area contributed by atoms with Gasteiger partial charge < -0.3 is 0 Å². The zero-order valence-electron chi connectivity index (χ0n) is 14.1. The molecule has 0 spiro atoms. The van der Waals surface area contributed by atoms with Gasteiger partial charge in [-0.2, -0.15) is 0 Å². The molecule has 0 radical (unpaired) electrons. The van der Waals surface area contributed by atoms with Crippen molar-refractivity contribution in [1.82, 2.24) is 4.98 Å². The zero-order chi connectivity index (χ0) is 18.6. The van der Waals surface area contributed by atoms with Crippen LogP contribution in [-0.2, 0) is 0 Å². The molecule has 0 amide bonds. The SMILES string of the molecule is Clc1ccc(C=CC=Nc2ccc(-c3nc4ccccc4s3)cc2)c(Cl)c1. The first-order valence-electron chi connectivity index (χ1n) is 8.31. The van der Waals surface area contributed by atoms with Gasteiger partial charge in [-0.1, -0.05) is 47.5 Å². The van der Waals surface area contributed by atoms with E-state index in [-0.39, 0.29) is 0 Å². The van der Waals surface area contributed by atoms with Gasteiger partial charge in [-0.15, -0.1) is 11.3 Å². The van der Waals surface area contributed by atoms with E-state index >= 15 is 0 Å². The van der Waals surface area contributed by atoms with E-state index in [9.17, 15) is 0 Å². The van der Waals surface area contributed by atoms with E-state index in [1.807, 2.05) is 66.7 Å². The van der Waals surface area contributed by atoms with Crippen LogP contribution in [0.25, 0.3) is 26.9 Å². The van der Waals surface area contributed by atoms with Crippen LogP contribution in [0.2, 0.25) is 10.0 Å². The van der Waals surface area contributed by atoms with E-state index in [4.69, 9.17) is 23.2 Å². The first kappa shape index (κ1) is 17.9. The maximum Gasteiger partial charge on any atom is 0.124 e. The molecule has 27 heavy (non-hydrogen) atoms. The molecule has 0 N–H and O–H groups in total. The molecule has 4 aromatic rings. The lowest BCUT2D eigenvalue weighted by atomic mass is 10.2. The highest BCUT2D eigenvalue weighted by Gasteiger charge is 2.05. The summed E-state index contributed by atoms with van der Waals surface area (Å²) in [5, 5.41) is 2.26. The van der Waals surface area contributed by atoms with Gasteiger partial charge in [0.15, 0.2) is 0 Å². The van der Waals surface area contributed by atoms with Crippen LogP contribution in [0.3, 0.4) is 0 Å². The third-order valence-electron chi connectivity index (χ3n) is 3.96. The van der Waals surface area contributed by atoms with Gasteiger partial charge >= 0.3 is 0 Å². The Kier molecular flexibility index (Phi) is 5.35. The van der Waals surface area contributed by atoms with Crippen LogP contribution in [0.1, 0.15) is 5.56 Å². The summed E-state index contributed by atoms with van der Waals surface area (Å²) in [4.78, 5) is 9.13. The van der Waals surface area contributed by atoms with Crippen LogP contribution < -0.4 is 0 Å². The minimum Gasteiger partial charge on any atom is -0.257 e. The molecule has 0 fully saturated rings. The van der Waals surface area contributed by atoms with Gasteiger partial charge in [-0.3, -0.25) is 4.99 Å². The molecule has 5 heteroatoms. The number of fused-ring (bicyclic) bond motifs is 1. The molecule has 0 atom stereocenters. The molecule has 3 aromatic carbocycles. The molecule has 2 nitrogen and oxygen atoms in total. The molecule has 4 rings (SSSR count). The number of rotatable bonds is 4. The third-order valence-corrected chi connectivity index (χ3v) is 5.60. The molecule has 0 aliphatic carbocycles. The van der Waals surface area contributed by atoms with Crippen LogP contribution in [0, 0.1) is 0 Å². The average Bonchev–Trinajstić information content (AvgIpc) is 3.11. The quantitative estimate of drug-likeness (QED) is 0.317. The first-order valence-corrected chi connectivity index (χ1v) is 9.88. The van der Waals surface area contributed by atoms with Crippen LogP contribution >= 0.6 is 34.5 Å². The molecule has 0 aliphatic heterocycles. The number of benzene rings is 3. The van der Waals surface area contributed by atoms with Gasteiger partial charge in [-0.25, -0.2) is 4.98 Å². The number of nitrogens with zero attached hydrogens (tertiary/aromatic N) is 2. The highest BCUT2D eigenvalue weighted by molar-refractivity contribution is 7.21. The number of hydrogen-bond donors (Lipinski definition) is 0. The molecule has 0 saturated carbocycles. The van der Waals surface area contributed by atoms with E-state index in [2.05, 4.69) is 16.0 Å². The molecule has 0 saturated heterocycles. The summed E-state index contributed by atoms with van der Waals surface area (Å²) in [5.41, 5.74) is 3.91. The lowest BCUT2D eigenvalue weighted by molar-refractivity contribution is 1.46. The van der Waals surface area contributed by atoms with E-state index in [0.717, 1.165) is 27.3 Å². The molecule has 0 aliphatic rings. The van der Waals surface area contributed by atoms with Gasteiger partial charge in [0.05, 0.1) is 15.9 Å². The van der Waals surface area contributed by atoms with Gasteiger partial charge in [0, 0.05) is 21.8 Å². The van der Waals surface area contributed by atoms with Gasteiger partial charge in [0.25, 0.3) is 0 Å². The molecular weight excluding hydrogens is 395 g/mol. The lowest BCUT2D eigenvalue weighted by Crippen LogP contribution is -1.76. The van der Waals surface area contributed by atoms with Gasteiger partial charge in [-0.05, 0) is 60.2 Å². The van der Waals surface area contributed by atoms with E-state index in [1.165, 1.54) is 4.70 Å². The minimum absolute atomic E-state index is 0.618. The second kappa shape index (κ2) is 8.05. The number of aromatic nitrogens is 1. The Balaban J connectivity index is 1.47. The average molecular weight is 409 g/mol. The van der Waals surface area contributed by atoms with Gasteiger partial charge in [0.2, 0.25) is 0 Å². The number of hydrogen-bond acceptors (Lipinski definition) is 3. The fourth-order valence-corrected chi connectivity index (χ4v) is 4.04. The molecule has 0 bridgehead atoms.